The van der Waals surface area contributed by atoms with Gasteiger partial charge in [0, 0.05) is 29.9 Å². The Morgan fingerprint density at radius 2 is 1.89 bits per heavy atom. The molecule has 2 heteroatoms. The van der Waals surface area contributed by atoms with Crippen molar-refractivity contribution in [3.8, 4) is 0 Å². The molecular formula is C16H22N2. The molecule has 2 aromatic rings. The van der Waals surface area contributed by atoms with E-state index in [1.807, 2.05) is 12.4 Å². The molecule has 0 saturated heterocycles. The zero-order chi connectivity index (χ0) is 13.0. The summed E-state index contributed by atoms with van der Waals surface area (Å²) < 4.78 is 0. The van der Waals surface area contributed by atoms with Crippen molar-refractivity contribution in [3.63, 3.8) is 0 Å². The van der Waals surface area contributed by atoms with Crippen LogP contribution in [0.4, 0.5) is 0 Å². The van der Waals surface area contributed by atoms with E-state index in [2.05, 4.69) is 55.3 Å². The minimum Gasteiger partial charge on any atom is -0.307 e. The van der Waals surface area contributed by atoms with Crippen molar-refractivity contribution in [2.75, 3.05) is 0 Å². The second-order valence-corrected chi connectivity index (χ2v) is 5.18. The number of hydrogen-bond donors (Lipinski definition) is 1. The summed E-state index contributed by atoms with van der Waals surface area (Å²) in [5.41, 5.74) is 1.58. The Morgan fingerprint density at radius 3 is 2.61 bits per heavy atom. The highest BCUT2D eigenvalue weighted by molar-refractivity contribution is 5.81. The highest BCUT2D eigenvalue weighted by Crippen LogP contribution is 2.17. The number of nitrogens with zero attached hydrogens (tertiary/aromatic N) is 1. The lowest BCUT2D eigenvalue weighted by Crippen LogP contribution is -2.40. The molecule has 18 heavy (non-hydrogen) atoms. The molecule has 0 radical (unpaired) electrons. The van der Waals surface area contributed by atoms with Gasteiger partial charge in [0.2, 0.25) is 0 Å². The van der Waals surface area contributed by atoms with Gasteiger partial charge in [-0.05, 0) is 42.8 Å². The van der Waals surface area contributed by atoms with Crippen LogP contribution >= 0.6 is 0 Å². The molecule has 0 spiro atoms. The second kappa shape index (κ2) is 5.49. The van der Waals surface area contributed by atoms with Gasteiger partial charge in [0.1, 0.15) is 0 Å². The Bertz CT molecular complexity index is 515. The van der Waals surface area contributed by atoms with Crippen molar-refractivity contribution in [1.29, 1.82) is 0 Å². The Hall–Kier alpha value is -1.41. The Balaban J connectivity index is 2.12. The molecule has 0 atom stereocenters. The van der Waals surface area contributed by atoms with Crippen molar-refractivity contribution >= 4 is 10.8 Å². The van der Waals surface area contributed by atoms with E-state index < -0.39 is 0 Å². The summed E-state index contributed by atoms with van der Waals surface area (Å²) in [6, 6.07) is 8.64. The predicted octanol–water partition coefficient (Wildman–Crippen LogP) is 3.90. The number of nitrogens with one attached hydrogen (secondary N) is 1. The van der Waals surface area contributed by atoms with E-state index in [1.165, 1.54) is 16.3 Å². The average molecular weight is 242 g/mol. The van der Waals surface area contributed by atoms with Crippen molar-refractivity contribution in [3.05, 3.63) is 42.2 Å². The maximum Gasteiger partial charge on any atom is 0.0346 e. The van der Waals surface area contributed by atoms with Crippen LogP contribution in [0, 0.1) is 0 Å². The lowest BCUT2D eigenvalue weighted by molar-refractivity contribution is 0.329. The summed E-state index contributed by atoms with van der Waals surface area (Å²) >= 11 is 0. The highest BCUT2D eigenvalue weighted by Gasteiger charge is 2.17. The number of benzene rings is 1. The molecule has 1 N–H and O–H groups in total. The van der Waals surface area contributed by atoms with E-state index in [0.29, 0.717) is 0 Å². The van der Waals surface area contributed by atoms with Crippen LogP contribution in [0.15, 0.2) is 36.7 Å². The topological polar surface area (TPSA) is 24.9 Å². The summed E-state index contributed by atoms with van der Waals surface area (Å²) in [4.78, 5) is 4.14. The van der Waals surface area contributed by atoms with E-state index >= 15 is 0 Å². The Kier molecular flexibility index (Phi) is 3.97. The van der Waals surface area contributed by atoms with Gasteiger partial charge in [-0.15, -0.1) is 0 Å². The first-order chi connectivity index (χ1) is 8.67. The van der Waals surface area contributed by atoms with E-state index in [9.17, 15) is 0 Å². The molecule has 0 aliphatic rings. The lowest BCUT2D eigenvalue weighted by atomic mass is 9.95. The molecule has 0 saturated carbocycles. The monoisotopic (exact) mass is 242 g/mol. The standard InChI is InChI=1S/C16H22N2/c1-4-16(3,5-2)18-11-13-6-7-15-12-17-9-8-14(15)10-13/h6-10,12,18H,4-5,11H2,1-3H3. The SMILES string of the molecule is CCC(C)(CC)NCc1ccc2cnccc2c1. The second-order valence-electron chi connectivity index (χ2n) is 5.18. The van der Waals surface area contributed by atoms with Gasteiger partial charge < -0.3 is 5.32 Å². The van der Waals surface area contributed by atoms with Gasteiger partial charge in [-0.3, -0.25) is 4.98 Å². The predicted molar refractivity (Wildman–Crippen MR) is 77.6 cm³/mol. The highest BCUT2D eigenvalue weighted by atomic mass is 15.0. The van der Waals surface area contributed by atoms with Gasteiger partial charge in [-0.1, -0.05) is 26.0 Å². The Labute approximate surface area is 109 Å². The molecule has 0 amide bonds. The van der Waals surface area contributed by atoms with Crippen LogP contribution in [0.5, 0.6) is 0 Å². The molecule has 0 unspecified atom stereocenters. The van der Waals surface area contributed by atoms with Crippen molar-refractivity contribution in [2.24, 2.45) is 0 Å². The molecule has 2 nitrogen and oxygen atoms in total. The van der Waals surface area contributed by atoms with Gasteiger partial charge >= 0.3 is 0 Å². The molecule has 96 valence electrons. The van der Waals surface area contributed by atoms with Crippen molar-refractivity contribution in [1.82, 2.24) is 10.3 Å². The molecule has 2 rings (SSSR count). The molecule has 0 bridgehead atoms. The number of hydrogen-bond acceptors (Lipinski definition) is 2. The van der Waals surface area contributed by atoms with Gasteiger partial charge in [0.15, 0.2) is 0 Å². The normalized spacial score (nSPS) is 11.9. The first kappa shape index (κ1) is 13.0. The molecule has 0 fully saturated rings. The largest absolute Gasteiger partial charge is 0.307 e. The van der Waals surface area contributed by atoms with Crippen LogP contribution < -0.4 is 5.32 Å². The van der Waals surface area contributed by atoms with Gasteiger partial charge in [0.05, 0.1) is 0 Å². The zero-order valence-corrected chi connectivity index (χ0v) is 11.5. The van der Waals surface area contributed by atoms with E-state index in [4.69, 9.17) is 0 Å². The number of rotatable bonds is 5. The fourth-order valence-corrected chi connectivity index (χ4v) is 2.06. The first-order valence-corrected chi connectivity index (χ1v) is 6.74. The van der Waals surface area contributed by atoms with Crippen LogP contribution in [0.1, 0.15) is 39.2 Å². The Morgan fingerprint density at radius 1 is 1.11 bits per heavy atom. The van der Waals surface area contributed by atoms with Crippen molar-refractivity contribution < 1.29 is 0 Å². The number of fused-ring (bicyclic) bond motifs is 1. The van der Waals surface area contributed by atoms with Crippen LogP contribution in [-0.2, 0) is 6.54 Å². The quantitative estimate of drug-likeness (QED) is 0.860. The van der Waals surface area contributed by atoms with E-state index in [1.54, 1.807) is 0 Å². The van der Waals surface area contributed by atoms with Crippen LogP contribution in [0.3, 0.4) is 0 Å². The summed E-state index contributed by atoms with van der Waals surface area (Å²) in [6.07, 6.45) is 6.07. The first-order valence-electron chi connectivity index (χ1n) is 6.74. The molecule has 1 heterocycles. The number of aromatic nitrogens is 1. The van der Waals surface area contributed by atoms with E-state index in [-0.39, 0.29) is 5.54 Å². The minimum atomic E-state index is 0.243. The fourth-order valence-electron chi connectivity index (χ4n) is 2.06. The fraction of sp³-hybridized carbons (Fsp3) is 0.438. The molecule has 1 aromatic carbocycles. The molecule has 1 aromatic heterocycles. The third kappa shape index (κ3) is 2.88. The summed E-state index contributed by atoms with van der Waals surface area (Å²) in [7, 11) is 0. The third-order valence-electron chi connectivity index (χ3n) is 3.98. The average Bonchev–Trinajstić information content (AvgIpc) is 2.44. The van der Waals surface area contributed by atoms with Crippen molar-refractivity contribution in [2.45, 2.75) is 45.7 Å². The van der Waals surface area contributed by atoms with Crippen LogP contribution in [-0.4, -0.2) is 10.5 Å². The molecule has 0 aliphatic heterocycles. The lowest BCUT2D eigenvalue weighted by Gasteiger charge is -2.28. The van der Waals surface area contributed by atoms with E-state index in [0.717, 1.165) is 19.4 Å². The summed E-state index contributed by atoms with van der Waals surface area (Å²) in [5, 5.41) is 6.13. The van der Waals surface area contributed by atoms with Gasteiger partial charge in [-0.2, -0.15) is 0 Å². The third-order valence-corrected chi connectivity index (χ3v) is 3.98. The maximum absolute atomic E-state index is 4.14. The maximum atomic E-state index is 4.14. The smallest absolute Gasteiger partial charge is 0.0346 e. The zero-order valence-electron chi connectivity index (χ0n) is 11.5. The minimum absolute atomic E-state index is 0.243. The van der Waals surface area contributed by atoms with Gasteiger partial charge in [-0.25, -0.2) is 0 Å². The van der Waals surface area contributed by atoms with Gasteiger partial charge in [0.25, 0.3) is 0 Å². The molecule has 0 aliphatic carbocycles. The summed E-state index contributed by atoms with van der Waals surface area (Å²) in [5.74, 6) is 0. The summed E-state index contributed by atoms with van der Waals surface area (Å²) in [6.45, 7) is 7.69. The van der Waals surface area contributed by atoms with Crippen LogP contribution in [0.25, 0.3) is 10.8 Å². The number of pyridine rings is 1. The molecular weight excluding hydrogens is 220 g/mol. The van der Waals surface area contributed by atoms with Crippen LogP contribution in [0.2, 0.25) is 0 Å².